The van der Waals surface area contributed by atoms with Crippen molar-refractivity contribution in [2.45, 2.75) is 125 Å². The van der Waals surface area contributed by atoms with Crippen molar-refractivity contribution in [1.82, 2.24) is 20.9 Å². The first-order valence-corrected chi connectivity index (χ1v) is 15.6. The number of hydrogen-bond donors (Lipinski definition) is 3. The number of fused-ring (bicyclic) bond motifs is 1. The molecular weight excluding hydrogens is 480 g/mol. The third-order valence-electron chi connectivity index (χ3n) is 9.98. The van der Waals surface area contributed by atoms with Gasteiger partial charge in [-0.3, -0.25) is 4.79 Å². The molecule has 1 heterocycles. The molecule has 0 aromatic rings. The summed E-state index contributed by atoms with van der Waals surface area (Å²) in [5, 5.41) is 10.6. The first-order chi connectivity index (χ1) is 18.0. The Morgan fingerprint density at radius 1 is 1.08 bits per heavy atom. The highest BCUT2D eigenvalue weighted by atomic mass is 16.1. The van der Waals surface area contributed by atoms with Crippen molar-refractivity contribution >= 4 is 5.91 Å². The molecule has 1 aliphatic heterocycles. The lowest BCUT2D eigenvalue weighted by Crippen LogP contribution is -2.51. The summed E-state index contributed by atoms with van der Waals surface area (Å²) < 4.78 is 0. The molecule has 2 unspecified atom stereocenters. The molecule has 3 fully saturated rings. The largest absolute Gasteiger partial charge is 0.370 e. The molecule has 0 radical (unpaired) electrons. The third-order valence-corrected chi connectivity index (χ3v) is 9.98. The first kappa shape index (κ1) is 31.6. The Morgan fingerprint density at radius 3 is 2.26 bits per heavy atom. The van der Waals surface area contributed by atoms with E-state index in [2.05, 4.69) is 103 Å². The van der Waals surface area contributed by atoms with Crippen LogP contribution in [0.4, 0.5) is 0 Å². The van der Waals surface area contributed by atoms with Crippen LogP contribution < -0.4 is 16.0 Å². The van der Waals surface area contributed by atoms with Crippen LogP contribution in [0.3, 0.4) is 0 Å². The number of nitrogens with zero attached hydrogens (tertiary/aromatic N) is 1. The highest BCUT2D eigenvalue weighted by Crippen LogP contribution is 2.66. The molecule has 2 saturated carbocycles. The van der Waals surface area contributed by atoms with E-state index in [-0.39, 0.29) is 28.8 Å². The molecular formula is C34H60N4O. The molecule has 3 N–H and O–H groups in total. The van der Waals surface area contributed by atoms with Gasteiger partial charge in [-0.25, -0.2) is 0 Å². The first-order valence-electron chi connectivity index (χ1n) is 15.6. The van der Waals surface area contributed by atoms with Gasteiger partial charge in [0.1, 0.15) is 0 Å². The number of carbonyl (C=O) groups excluding carboxylic acids is 1. The van der Waals surface area contributed by atoms with Crippen molar-refractivity contribution in [3.63, 3.8) is 0 Å². The number of carbonyl (C=O) groups is 1. The molecule has 0 aromatic heterocycles. The van der Waals surface area contributed by atoms with Crippen LogP contribution in [-0.4, -0.2) is 42.0 Å². The fourth-order valence-electron chi connectivity index (χ4n) is 6.79. The van der Waals surface area contributed by atoms with Gasteiger partial charge in [-0.2, -0.15) is 0 Å². The second-order valence-corrected chi connectivity index (χ2v) is 15.5. The minimum atomic E-state index is -0.0402. The van der Waals surface area contributed by atoms with E-state index in [1.807, 2.05) is 0 Å². The molecule has 0 spiro atoms. The van der Waals surface area contributed by atoms with E-state index in [0.717, 1.165) is 56.2 Å². The smallest absolute Gasteiger partial charge is 0.220 e. The van der Waals surface area contributed by atoms with Gasteiger partial charge in [0.15, 0.2) is 0 Å². The Balaban J connectivity index is 1.63. The van der Waals surface area contributed by atoms with Crippen LogP contribution in [0, 0.1) is 34.0 Å². The van der Waals surface area contributed by atoms with Crippen molar-refractivity contribution < 1.29 is 4.79 Å². The minimum Gasteiger partial charge on any atom is -0.370 e. The van der Waals surface area contributed by atoms with Crippen molar-refractivity contribution in [1.29, 1.82) is 0 Å². The van der Waals surface area contributed by atoms with E-state index >= 15 is 0 Å². The topological polar surface area (TPSA) is 56.4 Å². The summed E-state index contributed by atoms with van der Waals surface area (Å²) in [6, 6.07) is 0.663. The second kappa shape index (κ2) is 11.9. The SMILES string of the molecule is C=C(NC(C(=C)N1C[C@H]2[C@@H](C1C(=C)C)C2(C)C)C(C)(C)C)N[C@H](CCCC(=O)NCC1CC1)CC(C)(C)CC. The number of amides is 1. The molecule has 222 valence electrons. The maximum atomic E-state index is 12.3. The molecule has 3 aliphatic rings. The highest BCUT2D eigenvalue weighted by molar-refractivity contribution is 5.75. The van der Waals surface area contributed by atoms with Crippen molar-refractivity contribution in [3.8, 4) is 0 Å². The van der Waals surface area contributed by atoms with Gasteiger partial charge in [0.25, 0.3) is 0 Å². The lowest BCUT2D eigenvalue weighted by atomic mass is 9.82. The van der Waals surface area contributed by atoms with Crippen LogP contribution in [-0.2, 0) is 4.79 Å². The second-order valence-electron chi connectivity index (χ2n) is 15.5. The van der Waals surface area contributed by atoms with E-state index in [1.165, 1.54) is 18.4 Å². The number of piperidine rings is 1. The Bertz CT molecular complexity index is 922. The van der Waals surface area contributed by atoms with Crippen molar-refractivity contribution in [2.75, 3.05) is 13.1 Å². The Labute approximate surface area is 240 Å². The third kappa shape index (κ3) is 8.07. The average Bonchev–Trinajstić information content (AvgIpc) is 3.67. The van der Waals surface area contributed by atoms with Gasteiger partial charge in [0.2, 0.25) is 5.91 Å². The standard InChI is InChI=1S/C34H60N4O/c1-13-33(9,10)19-26(15-14-16-28(39)35-20-25-17-18-25)36-24(5)37-31(32(6,7)8)23(4)38-21-27-29(34(27,11)12)30(38)22(2)3/h25-27,29-31,36-37H,2,4-5,13-21H2,1,3,6-12H3,(H,35,39)/t26-,27+,29+,30?,31?/m1/s1. The Hall–Kier alpha value is -1.91. The molecule has 2 aliphatic carbocycles. The maximum absolute atomic E-state index is 12.3. The normalized spacial score (nSPS) is 25.4. The van der Waals surface area contributed by atoms with Crippen molar-refractivity contribution in [3.05, 3.63) is 36.8 Å². The predicted molar refractivity (Wildman–Crippen MR) is 166 cm³/mol. The van der Waals surface area contributed by atoms with Gasteiger partial charge in [0, 0.05) is 31.2 Å². The monoisotopic (exact) mass is 540 g/mol. The number of rotatable bonds is 16. The summed E-state index contributed by atoms with van der Waals surface area (Å²) in [4.78, 5) is 14.9. The molecule has 1 saturated heterocycles. The van der Waals surface area contributed by atoms with E-state index in [1.54, 1.807) is 0 Å². The highest BCUT2D eigenvalue weighted by Gasteiger charge is 2.67. The maximum Gasteiger partial charge on any atom is 0.220 e. The molecule has 39 heavy (non-hydrogen) atoms. The summed E-state index contributed by atoms with van der Waals surface area (Å²) in [5.74, 6) is 3.13. The van der Waals surface area contributed by atoms with E-state index in [0.29, 0.717) is 29.7 Å². The van der Waals surface area contributed by atoms with Crippen molar-refractivity contribution in [2.24, 2.45) is 34.0 Å². The van der Waals surface area contributed by atoms with Gasteiger partial charge in [-0.15, -0.1) is 0 Å². The molecule has 5 atom stereocenters. The van der Waals surface area contributed by atoms with Crippen LogP contribution in [0.5, 0.6) is 0 Å². The number of hydrogen-bond acceptors (Lipinski definition) is 4. The lowest BCUT2D eigenvalue weighted by molar-refractivity contribution is -0.121. The lowest BCUT2D eigenvalue weighted by Gasteiger charge is -2.43. The van der Waals surface area contributed by atoms with Crippen LogP contribution in [0.1, 0.15) is 107 Å². The molecule has 5 nitrogen and oxygen atoms in total. The van der Waals surface area contributed by atoms with Crippen LogP contribution in [0.15, 0.2) is 36.8 Å². The fourth-order valence-corrected chi connectivity index (χ4v) is 6.79. The number of likely N-dealkylation sites (tertiary alicyclic amines) is 1. The van der Waals surface area contributed by atoms with E-state index in [9.17, 15) is 4.79 Å². The summed E-state index contributed by atoms with van der Waals surface area (Å²) in [7, 11) is 0. The zero-order valence-electron chi connectivity index (χ0n) is 26.8. The van der Waals surface area contributed by atoms with Gasteiger partial charge in [-0.05, 0) is 73.0 Å². The average molecular weight is 541 g/mol. The van der Waals surface area contributed by atoms with Gasteiger partial charge in [0.05, 0.1) is 17.9 Å². The molecule has 1 amide bonds. The molecule has 0 bridgehead atoms. The van der Waals surface area contributed by atoms with Gasteiger partial charge < -0.3 is 20.9 Å². The summed E-state index contributed by atoms with van der Waals surface area (Å²) in [6.07, 6.45) is 7.10. The Kier molecular flexibility index (Phi) is 9.65. The predicted octanol–water partition coefficient (Wildman–Crippen LogP) is 6.99. The Morgan fingerprint density at radius 2 is 1.72 bits per heavy atom. The minimum absolute atomic E-state index is 0.0402. The van der Waals surface area contributed by atoms with Gasteiger partial charge in [-0.1, -0.05) is 87.1 Å². The van der Waals surface area contributed by atoms with Crippen LogP contribution in [0.2, 0.25) is 0 Å². The van der Waals surface area contributed by atoms with E-state index < -0.39 is 0 Å². The number of nitrogens with one attached hydrogen (secondary N) is 3. The summed E-state index contributed by atoms with van der Waals surface area (Å²) in [6.45, 7) is 36.1. The van der Waals surface area contributed by atoms with Gasteiger partial charge >= 0.3 is 0 Å². The fraction of sp³-hybridized carbons (Fsp3) is 0.794. The zero-order chi connectivity index (χ0) is 29.3. The zero-order valence-corrected chi connectivity index (χ0v) is 26.8. The molecule has 5 heteroatoms. The summed E-state index contributed by atoms with van der Waals surface area (Å²) in [5.41, 5.74) is 2.95. The summed E-state index contributed by atoms with van der Waals surface area (Å²) >= 11 is 0. The van der Waals surface area contributed by atoms with Crippen LogP contribution >= 0.6 is 0 Å². The quantitative estimate of drug-likeness (QED) is 0.185. The molecule has 3 rings (SSSR count). The molecule has 0 aromatic carbocycles. The van der Waals surface area contributed by atoms with Crippen LogP contribution in [0.25, 0.3) is 0 Å². The van der Waals surface area contributed by atoms with E-state index in [4.69, 9.17) is 0 Å².